The number of rotatable bonds is 4. The Labute approximate surface area is 122 Å². The Morgan fingerprint density at radius 2 is 2.37 bits per heavy atom. The lowest BCUT2D eigenvalue weighted by atomic mass is 10.0. The zero-order chi connectivity index (χ0) is 13.8. The van der Waals surface area contributed by atoms with Crippen molar-refractivity contribution in [3.63, 3.8) is 0 Å². The van der Waals surface area contributed by atoms with Crippen molar-refractivity contribution in [1.82, 2.24) is 0 Å². The maximum Gasteiger partial charge on any atom is 0.123 e. The van der Waals surface area contributed by atoms with Crippen molar-refractivity contribution >= 4 is 27.5 Å². The summed E-state index contributed by atoms with van der Waals surface area (Å²) < 4.78 is 6.38. The molecule has 0 radical (unpaired) electrons. The Morgan fingerprint density at radius 3 is 2.95 bits per heavy atom. The fourth-order valence-corrected chi connectivity index (χ4v) is 2.98. The molecule has 1 aliphatic heterocycles. The van der Waals surface area contributed by atoms with Crippen molar-refractivity contribution < 1.29 is 4.74 Å². The van der Waals surface area contributed by atoms with Gasteiger partial charge in [0.05, 0.1) is 6.61 Å². The molecule has 1 unspecified atom stereocenters. The summed E-state index contributed by atoms with van der Waals surface area (Å²) in [5, 5.41) is 7.48. The van der Waals surface area contributed by atoms with E-state index < -0.39 is 0 Å². The zero-order valence-electron chi connectivity index (χ0n) is 11.2. The monoisotopic (exact) mass is 325 g/mol. The number of amidine groups is 1. The lowest BCUT2D eigenvalue weighted by Gasteiger charge is -2.28. The molecule has 1 aliphatic rings. The van der Waals surface area contributed by atoms with Gasteiger partial charge in [0.15, 0.2) is 0 Å². The number of benzene rings is 1. The molecule has 1 atom stereocenters. The van der Waals surface area contributed by atoms with Gasteiger partial charge in [-0.1, -0.05) is 0 Å². The summed E-state index contributed by atoms with van der Waals surface area (Å²) in [6.07, 6.45) is 2.39. The minimum absolute atomic E-state index is 0.0850. The summed E-state index contributed by atoms with van der Waals surface area (Å²) in [5.74, 6) is 0.687. The maximum atomic E-state index is 7.48. The summed E-state index contributed by atoms with van der Waals surface area (Å²) in [5.41, 5.74) is 7.37. The van der Waals surface area contributed by atoms with E-state index in [2.05, 4.69) is 27.9 Å². The Bertz CT molecular complexity index is 458. The first kappa shape index (κ1) is 14.3. The van der Waals surface area contributed by atoms with Crippen LogP contribution in [0, 0.1) is 11.3 Å². The standard InChI is InChI=1S/C14H20BrN3O/c1-18(8-10-3-2-6-19-9-10)11-4-5-12(14(16)17)13(15)7-11/h4-5,7,10H,2-3,6,8-9H2,1H3,(H3,16,17). The van der Waals surface area contributed by atoms with Gasteiger partial charge < -0.3 is 15.4 Å². The fourth-order valence-electron chi connectivity index (χ4n) is 2.40. The molecule has 1 aromatic rings. The van der Waals surface area contributed by atoms with Crippen LogP contribution in [0.3, 0.4) is 0 Å². The SMILES string of the molecule is CN(CC1CCCOC1)c1ccc(C(=N)N)c(Br)c1. The average molecular weight is 326 g/mol. The summed E-state index contributed by atoms with van der Waals surface area (Å²) in [6, 6.07) is 5.90. The first-order valence-corrected chi connectivity index (χ1v) is 7.30. The van der Waals surface area contributed by atoms with Crippen LogP contribution in [0.1, 0.15) is 18.4 Å². The quantitative estimate of drug-likeness (QED) is 0.660. The highest BCUT2D eigenvalue weighted by atomic mass is 79.9. The second-order valence-corrected chi connectivity index (χ2v) is 5.90. The van der Waals surface area contributed by atoms with Gasteiger partial charge in [-0.3, -0.25) is 5.41 Å². The first-order chi connectivity index (χ1) is 9.08. The maximum absolute atomic E-state index is 7.48. The number of nitrogens with one attached hydrogen (secondary N) is 1. The van der Waals surface area contributed by atoms with E-state index in [9.17, 15) is 0 Å². The van der Waals surface area contributed by atoms with Crippen LogP contribution in [0.5, 0.6) is 0 Å². The van der Waals surface area contributed by atoms with Crippen LogP contribution in [0.15, 0.2) is 22.7 Å². The number of nitrogen functional groups attached to an aromatic ring is 1. The minimum Gasteiger partial charge on any atom is -0.384 e. The first-order valence-electron chi connectivity index (χ1n) is 6.50. The molecule has 0 spiro atoms. The Morgan fingerprint density at radius 1 is 1.58 bits per heavy atom. The highest BCUT2D eigenvalue weighted by Crippen LogP contribution is 2.25. The molecule has 1 heterocycles. The highest BCUT2D eigenvalue weighted by Gasteiger charge is 2.16. The molecule has 1 aromatic carbocycles. The average Bonchev–Trinajstić information content (AvgIpc) is 2.39. The normalized spacial score (nSPS) is 19.2. The second kappa shape index (κ2) is 6.39. The molecule has 1 fully saturated rings. The second-order valence-electron chi connectivity index (χ2n) is 5.04. The number of halogens is 1. The van der Waals surface area contributed by atoms with E-state index in [1.54, 1.807) is 0 Å². The van der Waals surface area contributed by atoms with E-state index in [0.29, 0.717) is 5.92 Å². The Hall–Kier alpha value is -1.07. The van der Waals surface area contributed by atoms with Crippen LogP contribution in [-0.4, -0.2) is 32.6 Å². The van der Waals surface area contributed by atoms with E-state index in [1.807, 2.05) is 18.2 Å². The lowest BCUT2D eigenvalue weighted by Crippen LogP contribution is -2.30. The molecule has 104 valence electrons. The molecule has 2 rings (SSSR count). The van der Waals surface area contributed by atoms with Gasteiger partial charge in [0.2, 0.25) is 0 Å². The number of hydrogen-bond acceptors (Lipinski definition) is 3. The van der Waals surface area contributed by atoms with Crippen LogP contribution in [-0.2, 0) is 4.74 Å². The predicted octanol–water partition coefficient (Wildman–Crippen LogP) is 2.60. The van der Waals surface area contributed by atoms with Gasteiger partial charge in [-0.2, -0.15) is 0 Å². The zero-order valence-corrected chi connectivity index (χ0v) is 12.7. The predicted molar refractivity (Wildman–Crippen MR) is 82.0 cm³/mol. The molecule has 0 aliphatic carbocycles. The smallest absolute Gasteiger partial charge is 0.123 e. The third kappa shape index (κ3) is 3.70. The van der Waals surface area contributed by atoms with Crippen LogP contribution >= 0.6 is 15.9 Å². The molecular weight excluding hydrogens is 306 g/mol. The molecule has 1 saturated heterocycles. The third-order valence-electron chi connectivity index (χ3n) is 3.47. The number of nitrogens with two attached hydrogens (primary N) is 1. The van der Waals surface area contributed by atoms with Crippen molar-refractivity contribution in [2.45, 2.75) is 12.8 Å². The molecule has 0 amide bonds. The van der Waals surface area contributed by atoms with Gasteiger partial charge >= 0.3 is 0 Å². The van der Waals surface area contributed by atoms with Crippen molar-refractivity contribution in [2.24, 2.45) is 11.7 Å². The summed E-state index contributed by atoms with van der Waals surface area (Å²) in [4.78, 5) is 2.23. The molecule has 5 heteroatoms. The van der Waals surface area contributed by atoms with Crippen molar-refractivity contribution in [1.29, 1.82) is 5.41 Å². The van der Waals surface area contributed by atoms with Gasteiger partial charge in [-0.05, 0) is 52.9 Å². The van der Waals surface area contributed by atoms with E-state index in [0.717, 1.165) is 41.9 Å². The molecule has 19 heavy (non-hydrogen) atoms. The van der Waals surface area contributed by atoms with Gasteiger partial charge in [-0.15, -0.1) is 0 Å². The minimum atomic E-state index is 0.0850. The molecule has 0 saturated carbocycles. The van der Waals surface area contributed by atoms with E-state index >= 15 is 0 Å². The number of nitrogens with zero attached hydrogens (tertiary/aromatic N) is 1. The summed E-state index contributed by atoms with van der Waals surface area (Å²) in [7, 11) is 2.09. The van der Waals surface area contributed by atoms with Crippen molar-refractivity contribution in [3.05, 3.63) is 28.2 Å². The van der Waals surface area contributed by atoms with E-state index in [1.165, 1.54) is 6.42 Å². The molecule has 0 aromatic heterocycles. The molecular formula is C14H20BrN3O. The van der Waals surface area contributed by atoms with Crippen molar-refractivity contribution in [3.8, 4) is 0 Å². The largest absolute Gasteiger partial charge is 0.384 e. The summed E-state index contributed by atoms with van der Waals surface area (Å²) in [6.45, 7) is 2.75. The topological polar surface area (TPSA) is 62.3 Å². The van der Waals surface area contributed by atoms with Gasteiger partial charge in [0.1, 0.15) is 5.84 Å². The molecule has 3 N–H and O–H groups in total. The fraction of sp³-hybridized carbons (Fsp3) is 0.500. The molecule has 0 bridgehead atoms. The Balaban J connectivity index is 2.04. The van der Waals surface area contributed by atoms with Gasteiger partial charge in [0.25, 0.3) is 0 Å². The molecule has 4 nitrogen and oxygen atoms in total. The number of anilines is 1. The lowest BCUT2D eigenvalue weighted by molar-refractivity contribution is 0.0576. The van der Waals surface area contributed by atoms with Gasteiger partial charge in [0, 0.05) is 35.9 Å². The third-order valence-corrected chi connectivity index (χ3v) is 4.13. The van der Waals surface area contributed by atoms with E-state index in [4.69, 9.17) is 15.9 Å². The summed E-state index contributed by atoms with van der Waals surface area (Å²) >= 11 is 3.47. The highest BCUT2D eigenvalue weighted by molar-refractivity contribution is 9.10. The van der Waals surface area contributed by atoms with Crippen LogP contribution in [0.25, 0.3) is 0 Å². The van der Waals surface area contributed by atoms with Crippen LogP contribution in [0.2, 0.25) is 0 Å². The van der Waals surface area contributed by atoms with Crippen LogP contribution in [0.4, 0.5) is 5.69 Å². The van der Waals surface area contributed by atoms with Crippen LogP contribution < -0.4 is 10.6 Å². The van der Waals surface area contributed by atoms with Crippen molar-refractivity contribution in [2.75, 3.05) is 31.7 Å². The number of ether oxygens (including phenoxy) is 1. The Kier molecular flexibility index (Phi) is 4.82. The van der Waals surface area contributed by atoms with E-state index in [-0.39, 0.29) is 5.84 Å². The van der Waals surface area contributed by atoms with Gasteiger partial charge in [-0.25, -0.2) is 0 Å². The number of hydrogen-bond donors (Lipinski definition) is 2.